The van der Waals surface area contributed by atoms with E-state index in [1.54, 1.807) is 12.1 Å². The molecule has 0 fully saturated rings. The molecule has 0 unspecified atom stereocenters. The fourth-order valence-electron chi connectivity index (χ4n) is 1.68. The summed E-state index contributed by atoms with van der Waals surface area (Å²) >= 11 is 0. The molecular formula is C14H14F2N2O2S. The number of nitrogens with one attached hydrogen (secondary N) is 2. The number of hydrogen-bond acceptors (Lipinski definition) is 2. The van der Waals surface area contributed by atoms with Crippen LogP contribution in [0.25, 0.3) is 0 Å². The lowest BCUT2D eigenvalue weighted by molar-refractivity contribution is 0.556. The van der Waals surface area contributed by atoms with Crippen LogP contribution < -0.4 is 9.44 Å². The van der Waals surface area contributed by atoms with Crippen molar-refractivity contribution in [3.05, 3.63) is 71.3 Å². The molecule has 0 saturated heterocycles. The van der Waals surface area contributed by atoms with Gasteiger partial charge in [0, 0.05) is 24.2 Å². The fraction of sp³-hybridized carbons (Fsp3) is 0.143. The van der Waals surface area contributed by atoms with Crippen molar-refractivity contribution in [3.63, 3.8) is 0 Å². The first-order valence-electron chi connectivity index (χ1n) is 6.19. The lowest BCUT2D eigenvalue weighted by Crippen LogP contribution is -2.36. The monoisotopic (exact) mass is 312 g/mol. The molecule has 0 amide bonds. The van der Waals surface area contributed by atoms with Crippen LogP contribution in [-0.2, 0) is 23.3 Å². The van der Waals surface area contributed by atoms with Gasteiger partial charge in [-0.2, -0.15) is 17.9 Å². The summed E-state index contributed by atoms with van der Waals surface area (Å²) in [5.74, 6) is -0.983. The zero-order valence-electron chi connectivity index (χ0n) is 11.0. The van der Waals surface area contributed by atoms with Crippen LogP contribution in [0.1, 0.15) is 11.1 Å². The van der Waals surface area contributed by atoms with Crippen LogP contribution >= 0.6 is 0 Å². The Morgan fingerprint density at radius 2 is 1.14 bits per heavy atom. The molecule has 112 valence electrons. The zero-order valence-corrected chi connectivity index (χ0v) is 11.8. The molecule has 0 atom stereocenters. The van der Waals surface area contributed by atoms with E-state index in [9.17, 15) is 17.2 Å². The highest BCUT2D eigenvalue weighted by Gasteiger charge is 2.11. The molecule has 7 heteroatoms. The van der Waals surface area contributed by atoms with E-state index in [-0.39, 0.29) is 24.2 Å². The summed E-state index contributed by atoms with van der Waals surface area (Å²) in [7, 11) is -3.84. The van der Waals surface area contributed by atoms with Crippen molar-refractivity contribution >= 4 is 10.2 Å². The van der Waals surface area contributed by atoms with Crippen LogP contribution in [0.5, 0.6) is 0 Å². The average Bonchev–Trinajstić information content (AvgIpc) is 2.46. The number of halogens is 2. The fourth-order valence-corrected chi connectivity index (χ4v) is 2.47. The third kappa shape index (κ3) is 4.59. The summed E-state index contributed by atoms with van der Waals surface area (Å²) in [6.07, 6.45) is 0. The summed E-state index contributed by atoms with van der Waals surface area (Å²) in [6, 6.07) is 11.7. The maximum Gasteiger partial charge on any atom is 0.277 e. The van der Waals surface area contributed by atoms with Gasteiger partial charge in [0.1, 0.15) is 11.6 Å². The zero-order chi connectivity index (χ0) is 15.3. The van der Waals surface area contributed by atoms with Crippen LogP contribution in [-0.4, -0.2) is 8.42 Å². The van der Waals surface area contributed by atoms with E-state index < -0.39 is 21.8 Å². The second-order valence-corrected chi connectivity index (χ2v) is 5.91. The van der Waals surface area contributed by atoms with Crippen molar-refractivity contribution in [1.29, 1.82) is 0 Å². The van der Waals surface area contributed by atoms with Gasteiger partial charge in [0.2, 0.25) is 0 Å². The first kappa shape index (κ1) is 15.6. The molecule has 2 rings (SSSR count). The van der Waals surface area contributed by atoms with Crippen molar-refractivity contribution < 1.29 is 17.2 Å². The Kier molecular flexibility index (Phi) is 5.00. The molecule has 0 radical (unpaired) electrons. The van der Waals surface area contributed by atoms with Gasteiger partial charge in [0.15, 0.2) is 0 Å². The van der Waals surface area contributed by atoms with Crippen molar-refractivity contribution in [1.82, 2.24) is 9.44 Å². The summed E-state index contributed by atoms with van der Waals surface area (Å²) in [6.45, 7) is -0.363. The van der Waals surface area contributed by atoms with Gasteiger partial charge in [-0.3, -0.25) is 0 Å². The molecule has 2 N–H and O–H groups in total. The molecule has 2 aromatic rings. The van der Waals surface area contributed by atoms with Crippen LogP contribution in [0.15, 0.2) is 48.5 Å². The topological polar surface area (TPSA) is 58.2 Å². The second kappa shape index (κ2) is 6.75. The SMILES string of the molecule is O=S(=O)(NCc1ccccc1F)NCc1ccccc1F. The van der Waals surface area contributed by atoms with E-state index in [2.05, 4.69) is 9.44 Å². The summed E-state index contributed by atoms with van der Waals surface area (Å²) in [5.41, 5.74) is 0.461. The Morgan fingerprint density at radius 1 is 0.762 bits per heavy atom. The Morgan fingerprint density at radius 3 is 1.52 bits per heavy atom. The van der Waals surface area contributed by atoms with E-state index in [0.29, 0.717) is 0 Å². The highest BCUT2D eigenvalue weighted by atomic mass is 32.2. The van der Waals surface area contributed by atoms with Crippen LogP contribution in [0.2, 0.25) is 0 Å². The first-order valence-corrected chi connectivity index (χ1v) is 7.67. The summed E-state index contributed by atoms with van der Waals surface area (Å²) in [4.78, 5) is 0. The van der Waals surface area contributed by atoms with Crippen LogP contribution in [0, 0.1) is 11.6 Å². The minimum absolute atomic E-state index is 0.181. The van der Waals surface area contributed by atoms with Gasteiger partial charge in [-0.1, -0.05) is 36.4 Å². The molecule has 4 nitrogen and oxygen atoms in total. The molecule has 21 heavy (non-hydrogen) atoms. The number of benzene rings is 2. The predicted molar refractivity (Wildman–Crippen MR) is 75.4 cm³/mol. The highest BCUT2D eigenvalue weighted by molar-refractivity contribution is 7.87. The maximum absolute atomic E-state index is 13.4. The normalized spacial score (nSPS) is 11.5. The molecule has 0 heterocycles. The predicted octanol–water partition coefficient (Wildman–Crippen LogP) is 2.09. The van der Waals surface area contributed by atoms with Crippen molar-refractivity contribution in [3.8, 4) is 0 Å². The smallest absolute Gasteiger partial charge is 0.207 e. The van der Waals surface area contributed by atoms with Gasteiger partial charge in [-0.15, -0.1) is 0 Å². The number of hydrogen-bond donors (Lipinski definition) is 2. The molecule has 0 spiro atoms. The summed E-state index contributed by atoms with van der Waals surface area (Å²) in [5, 5.41) is 0. The molecule has 0 aliphatic heterocycles. The third-order valence-corrected chi connectivity index (χ3v) is 3.87. The molecule has 0 aliphatic carbocycles. The largest absolute Gasteiger partial charge is 0.277 e. The van der Waals surface area contributed by atoms with Gasteiger partial charge in [0.05, 0.1) is 0 Å². The first-order chi connectivity index (χ1) is 9.98. The van der Waals surface area contributed by atoms with Crippen molar-refractivity contribution in [2.24, 2.45) is 0 Å². The molecular weight excluding hydrogens is 298 g/mol. The molecule has 0 bridgehead atoms. The third-order valence-electron chi connectivity index (χ3n) is 2.82. The van der Waals surface area contributed by atoms with Crippen LogP contribution in [0.4, 0.5) is 8.78 Å². The second-order valence-electron chi connectivity index (χ2n) is 4.33. The van der Waals surface area contributed by atoms with E-state index in [1.807, 2.05) is 0 Å². The number of rotatable bonds is 6. The Balaban J connectivity index is 1.94. The highest BCUT2D eigenvalue weighted by Crippen LogP contribution is 2.07. The van der Waals surface area contributed by atoms with Crippen molar-refractivity contribution in [2.45, 2.75) is 13.1 Å². The van der Waals surface area contributed by atoms with Crippen molar-refractivity contribution in [2.75, 3.05) is 0 Å². The lowest BCUT2D eigenvalue weighted by atomic mass is 10.2. The van der Waals surface area contributed by atoms with Gasteiger partial charge in [0.25, 0.3) is 10.2 Å². The minimum Gasteiger partial charge on any atom is -0.207 e. The Bertz CT molecular complexity index is 665. The summed E-state index contributed by atoms with van der Waals surface area (Å²) < 4.78 is 54.6. The molecule has 0 aliphatic rings. The average molecular weight is 312 g/mol. The molecule has 0 saturated carbocycles. The Labute approximate surface area is 122 Å². The van der Waals surface area contributed by atoms with E-state index >= 15 is 0 Å². The van der Waals surface area contributed by atoms with Gasteiger partial charge < -0.3 is 0 Å². The van der Waals surface area contributed by atoms with Gasteiger partial charge in [-0.05, 0) is 12.1 Å². The van der Waals surface area contributed by atoms with E-state index in [0.717, 1.165) is 0 Å². The quantitative estimate of drug-likeness (QED) is 0.858. The standard InChI is InChI=1S/C14H14F2N2O2S/c15-13-7-3-1-5-11(13)9-17-21(19,20)18-10-12-6-2-4-8-14(12)16/h1-8,17-18H,9-10H2. The lowest BCUT2D eigenvalue weighted by Gasteiger charge is -2.09. The Hall–Kier alpha value is -1.83. The van der Waals surface area contributed by atoms with Gasteiger partial charge >= 0.3 is 0 Å². The molecule has 2 aromatic carbocycles. The van der Waals surface area contributed by atoms with E-state index in [4.69, 9.17) is 0 Å². The van der Waals surface area contributed by atoms with Gasteiger partial charge in [-0.25, -0.2) is 8.78 Å². The minimum atomic E-state index is -3.84. The van der Waals surface area contributed by atoms with E-state index in [1.165, 1.54) is 36.4 Å². The molecule has 0 aromatic heterocycles. The van der Waals surface area contributed by atoms with Crippen LogP contribution in [0.3, 0.4) is 0 Å². The maximum atomic E-state index is 13.4.